The third-order valence-corrected chi connectivity index (χ3v) is 4.80. The Morgan fingerprint density at radius 1 is 1.16 bits per heavy atom. The Morgan fingerprint density at radius 3 is 2.72 bits per heavy atom. The lowest BCUT2D eigenvalue weighted by Crippen LogP contribution is -1.98. The van der Waals surface area contributed by atoms with Crippen molar-refractivity contribution in [1.29, 1.82) is 0 Å². The Kier molecular flexibility index (Phi) is 5.14. The highest BCUT2D eigenvalue weighted by atomic mass is 32.1. The van der Waals surface area contributed by atoms with Crippen LogP contribution in [0, 0.1) is 13.8 Å². The number of hydrogen-bond donors (Lipinski definition) is 2. The van der Waals surface area contributed by atoms with E-state index in [2.05, 4.69) is 32.5 Å². The topological polar surface area (TPSA) is 72.0 Å². The van der Waals surface area contributed by atoms with Crippen LogP contribution in [0.15, 0.2) is 30.5 Å². The standard InChI is InChI=1S/C18H21N5OS/c1-5-19-18-21-12(3)16(25-18)14-8-9-20-17(23-14)22-13-6-7-15(24-4)11(2)10-13/h6-10H,5H2,1-4H3,(H,19,21)(H,20,22,23). The average molecular weight is 355 g/mol. The predicted molar refractivity (Wildman–Crippen MR) is 103 cm³/mol. The number of benzene rings is 1. The van der Waals surface area contributed by atoms with E-state index in [-0.39, 0.29) is 0 Å². The summed E-state index contributed by atoms with van der Waals surface area (Å²) in [6.07, 6.45) is 1.76. The summed E-state index contributed by atoms with van der Waals surface area (Å²) in [6.45, 7) is 6.90. The molecule has 0 fully saturated rings. The Morgan fingerprint density at radius 2 is 2.00 bits per heavy atom. The summed E-state index contributed by atoms with van der Waals surface area (Å²) in [5.41, 5.74) is 3.80. The van der Waals surface area contributed by atoms with Gasteiger partial charge in [-0.15, -0.1) is 0 Å². The van der Waals surface area contributed by atoms with Gasteiger partial charge in [0.15, 0.2) is 5.13 Å². The second kappa shape index (κ2) is 7.48. The van der Waals surface area contributed by atoms with Crippen molar-refractivity contribution in [2.75, 3.05) is 24.3 Å². The highest BCUT2D eigenvalue weighted by Gasteiger charge is 2.12. The summed E-state index contributed by atoms with van der Waals surface area (Å²) in [5.74, 6) is 1.41. The molecule has 0 aliphatic heterocycles. The van der Waals surface area contributed by atoms with Gasteiger partial charge in [-0.25, -0.2) is 15.0 Å². The molecule has 0 amide bonds. The molecule has 0 saturated carbocycles. The number of methoxy groups -OCH3 is 1. The quantitative estimate of drug-likeness (QED) is 0.683. The van der Waals surface area contributed by atoms with Gasteiger partial charge >= 0.3 is 0 Å². The van der Waals surface area contributed by atoms with Crippen LogP contribution in [0.2, 0.25) is 0 Å². The lowest BCUT2D eigenvalue weighted by atomic mass is 10.2. The normalized spacial score (nSPS) is 10.6. The van der Waals surface area contributed by atoms with E-state index in [4.69, 9.17) is 4.74 Å². The summed E-state index contributed by atoms with van der Waals surface area (Å²) < 4.78 is 5.29. The van der Waals surface area contributed by atoms with Gasteiger partial charge in [0.2, 0.25) is 5.95 Å². The summed E-state index contributed by atoms with van der Waals surface area (Å²) in [5, 5.41) is 7.41. The van der Waals surface area contributed by atoms with E-state index in [1.165, 1.54) is 0 Å². The molecule has 0 radical (unpaired) electrons. The van der Waals surface area contributed by atoms with E-state index in [9.17, 15) is 0 Å². The lowest BCUT2D eigenvalue weighted by Gasteiger charge is -2.09. The van der Waals surface area contributed by atoms with E-state index in [0.717, 1.165) is 44.9 Å². The molecule has 0 aliphatic carbocycles. The zero-order valence-electron chi connectivity index (χ0n) is 14.8. The molecular weight excluding hydrogens is 334 g/mol. The number of rotatable bonds is 6. The van der Waals surface area contributed by atoms with Crippen molar-refractivity contribution < 1.29 is 4.74 Å². The third-order valence-electron chi connectivity index (χ3n) is 3.66. The fourth-order valence-corrected chi connectivity index (χ4v) is 3.50. The average Bonchev–Trinajstić information content (AvgIpc) is 2.96. The zero-order valence-corrected chi connectivity index (χ0v) is 15.6. The van der Waals surface area contributed by atoms with Gasteiger partial charge in [0.1, 0.15) is 5.75 Å². The van der Waals surface area contributed by atoms with Gasteiger partial charge in [-0.05, 0) is 50.6 Å². The Bertz CT molecular complexity index is 878. The molecule has 3 aromatic rings. The van der Waals surface area contributed by atoms with Crippen LogP contribution >= 0.6 is 11.3 Å². The van der Waals surface area contributed by atoms with Crippen LogP contribution in [-0.4, -0.2) is 28.6 Å². The minimum atomic E-state index is 0.555. The van der Waals surface area contributed by atoms with Crippen molar-refractivity contribution >= 4 is 28.1 Å². The van der Waals surface area contributed by atoms with Crippen LogP contribution in [-0.2, 0) is 0 Å². The first-order valence-electron chi connectivity index (χ1n) is 8.07. The van der Waals surface area contributed by atoms with Gasteiger partial charge in [-0.3, -0.25) is 0 Å². The molecule has 0 unspecified atom stereocenters. The minimum Gasteiger partial charge on any atom is -0.496 e. The van der Waals surface area contributed by atoms with Crippen molar-refractivity contribution in [2.24, 2.45) is 0 Å². The first kappa shape index (κ1) is 17.2. The van der Waals surface area contributed by atoms with Gasteiger partial charge in [0.05, 0.1) is 23.4 Å². The molecule has 0 spiro atoms. The molecule has 3 rings (SSSR count). The van der Waals surface area contributed by atoms with Crippen LogP contribution in [0.25, 0.3) is 10.6 Å². The van der Waals surface area contributed by atoms with E-state index >= 15 is 0 Å². The van der Waals surface area contributed by atoms with Crippen molar-refractivity contribution in [3.63, 3.8) is 0 Å². The number of aryl methyl sites for hydroxylation is 2. The molecule has 25 heavy (non-hydrogen) atoms. The number of aromatic nitrogens is 3. The second-order valence-corrected chi connectivity index (χ2v) is 6.54. The van der Waals surface area contributed by atoms with Crippen LogP contribution in [0.5, 0.6) is 5.75 Å². The SMILES string of the molecule is CCNc1nc(C)c(-c2ccnc(Nc3ccc(OC)c(C)c3)n2)s1. The molecule has 2 N–H and O–H groups in total. The Hall–Kier alpha value is -2.67. The van der Waals surface area contributed by atoms with Crippen molar-refractivity contribution in [3.8, 4) is 16.3 Å². The van der Waals surface area contributed by atoms with Crippen LogP contribution in [0.1, 0.15) is 18.2 Å². The fourth-order valence-electron chi connectivity index (χ4n) is 2.49. The second-order valence-electron chi connectivity index (χ2n) is 5.54. The van der Waals surface area contributed by atoms with Crippen LogP contribution in [0.4, 0.5) is 16.8 Å². The third kappa shape index (κ3) is 3.88. The highest BCUT2D eigenvalue weighted by molar-refractivity contribution is 7.19. The van der Waals surface area contributed by atoms with Crippen molar-refractivity contribution in [3.05, 3.63) is 41.7 Å². The maximum atomic E-state index is 5.29. The largest absolute Gasteiger partial charge is 0.496 e. The Labute approximate surface area is 151 Å². The summed E-state index contributed by atoms with van der Waals surface area (Å²) in [4.78, 5) is 14.5. The lowest BCUT2D eigenvalue weighted by molar-refractivity contribution is 0.412. The van der Waals surface area contributed by atoms with Crippen LogP contribution < -0.4 is 15.4 Å². The first-order chi connectivity index (χ1) is 12.1. The first-order valence-corrected chi connectivity index (χ1v) is 8.88. The van der Waals surface area contributed by atoms with Gasteiger partial charge in [0, 0.05) is 18.4 Å². The van der Waals surface area contributed by atoms with E-state index < -0.39 is 0 Å². The van der Waals surface area contributed by atoms with E-state index in [1.807, 2.05) is 38.1 Å². The van der Waals surface area contributed by atoms with Gasteiger partial charge in [0.25, 0.3) is 0 Å². The highest BCUT2D eigenvalue weighted by Crippen LogP contribution is 2.32. The van der Waals surface area contributed by atoms with Crippen molar-refractivity contribution in [1.82, 2.24) is 15.0 Å². The molecular formula is C18H21N5OS. The van der Waals surface area contributed by atoms with Gasteiger partial charge in [-0.1, -0.05) is 11.3 Å². The number of hydrogen-bond acceptors (Lipinski definition) is 7. The van der Waals surface area contributed by atoms with E-state index in [0.29, 0.717) is 5.95 Å². The number of nitrogens with zero attached hydrogens (tertiary/aromatic N) is 3. The van der Waals surface area contributed by atoms with Crippen LogP contribution in [0.3, 0.4) is 0 Å². The summed E-state index contributed by atoms with van der Waals surface area (Å²) in [6, 6.07) is 7.79. The predicted octanol–water partition coefficient (Wildman–Crippen LogP) is 4.40. The van der Waals surface area contributed by atoms with E-state index in [1.54, 1.807) is 24.6 Å². The Balaban J connectivity index is 1.85. The summed E-state index contributed by atoms with van der Waals surface area (Å²) in [7, 11) is 1.67. The molecule has 0 atom stereocenters. The smallest absolute Gasteiger partial charge is 0.227 e. The maximum Gasteiger partial charge on any atom is 0.227 e. The molecule has 2 heterocycles. The number of thiazole rings is 1. The number of ether oxygens (including phenoxy) is 1. The van der Waals surface area contributed by atoms with Crippen molar-refractivity contribution in [2.45, 2.75) is 20.8 Å². The molecule has 2 aromatic heterocycles. The molecule has 130 valence electrons. The molecule has 6 nitrogen and oxygen atoms in total. The van der Waals surface area contributed by atoms with Gasteiger partial charge < -0.3 is 15.4 Å². The number of anilines is 3. The maximum absolute atomic E-state index is 5.29. The number of nitrogens with one attached hydrogen (secondary N) is 2. The van der Waals surface area contributed by atoms with Gasteiger partial charge in [-0.2, -0.15) is 0 Å². The molecule has 0 aliphatic rings. The molecule has 0 bridgehead atoms. The molecule has 0 saturated heterocycles. The summed E-state index contributed by atoms with van der Waals surface area (Å²) >= 11 is 1.60. The monoisotopic (exact) mass is 355 g/mol. The zero-order chi connectivity index (χ0) is 17.8. The molecule has 7 heteroatoms. The molecule has 1 aromatic carbocycles. The fraction of sp³-hybridized carbons (Fsp3) is 0.278. The minimum absolute atomic E-state index is 0.555.